The molecular formula is C18H14Cl2N2OS. The number of nitrogens with one attached hydrogen (secondary N) is 1. The SMILES string of the molecule is Cc1ccc(N=C2NC(=O)/C(=C\c3ccc(Cl)c(Cl)c3)S2)c(C)c1. The third-order valence-electron chi connectivity index (χ3n) is 3.47. The zero-order valence-electron chi connectivity index (χ0n) is 13.1. The second-order valence-electron chi connectivity index (χ2n) is 5.45. The molecule has 1 N–H and O–H groups in total. The van der Waals surface area contributed by atoms with Crippen LogP contribution >= 0.6 is 35.0 Å². The van der Waals surface area contributed by atoms with Gasteiger partial charge in [-0.1, -0.05) is 47.0 Å². The van der Waals surface area contributed by atoms with Crippen LogP contribution in [-0.4, -0.2) is 11.1 Å². The summed E-state index contributed by atoms with van der Waals surface area (Å²) in [5, 5.41) is 4.30. The maximum atomic E-state index is 12.1. The number of amidine groups is 1. The lowest BCUT2D eigenvalue weighted by atomic mass is 10.1. The second-order valence-corrected chi connectivity index (χ2v) is 7.29. The highest BCUT2D eigenvalue weighted by atomic mass is 35.5. The molecule has 24 heavy (non-hydrogen) atoms. The fraction of sp³-hybridized carbons (Fsp3) is 0.111. The highest BCUT2D eigenvalue weighted by molar-refractivity contribution is 8.18. The molecule has 0 atom stereocenters. The summed E-state index contributed by atoms with van der Waals surface area (Å²) in [5.74, 6) is -0.172. The van der Waals surface area contributed by atoms with E-state index in [1.54, 1.807) is 18.2 Å². The van der Waals surface area contributed by atoms with Gasteiger partial charge in [0.05, 0.1) is 20.6 Å². The molecule has 1 saturated heterocycles. The van der Waals surface area contributed by atoms with Gasteiger partial charge in [0.2, 0.25) is 0 Å². The van der Waals surface area contributed by atoms with Crippen LogP contribution in [0.5, 0.6) is 0 Å². The minimum atomic E-state index is -0.172. The molecule has 1 amide bonds. The predicted molar refractivity (Wildman–Crippen MR) is 103 cm³/mol. The van der Waals surface area contributed by atoms with Crippen LogP contribution in [0.1, 0.15) is 16.7 Å². The standard InChI is InChI=1S/C18H14Cl2N2OS/c1-10-3-6-15(11(2)7-10)21-18-22-17(23)16(24-18)9-12-4-5-13(19)14(20)8-12/h3-9H,1-2H3,(H,21,22,23)/b16-9+. The Labute approximate surface area is 154 Å². The number of halogens is 2. The van der Waals surface area contributed by atoms with Gasteiger partial charge in [0.25, 0.3) is 5.91 Å². The molecule has 0 aromatic heterocycles. The van der Waals surface area contributed by atoms with Crippen molar-refractivity contribution in [1.29, 1.82) is 0 Å². The molecule has 2 aromatic rings. The van der Waals surface area contributed by atoms with Gasteiger partial charge in [-0.2, -0.15) is 0 Å². The van der Waals surface area contributed by atoms with Gasteiger partial charge in [0, 0.05) is 0 Å². The third kappa shape index (κ3) is 3.83. The number of carbonyl (C=O) groups is 1. The fourth-order valence-electron chi connectivity index (χ4n) is 2.27. The van der Waals surface area contributed by atoms with E-state index in [9.17, 15) is 4.79 Å². The first-order chi connectivity index (χ1) is 11.4. The molecule has 1 aliphatic rings. The quantitative estimate of drug-likeness (QED) is 0.702. The summed E-state index contributed by atoms with van der Waals surface area (Å²) in [6, 6.07) is 11.3. The van der Waals surface area contributed by atoms with Crippen LogP contribution in [0.2, 0.25) is 10.0 Å². The number of hydrogen-bond acceptors (Lipinski definition) is 3. The Hall–Kier alpha value is -1.75. The normalized spacial score (nSPS) is 17.6. The number of aliphatic imine (C=N–C) groups is 1. The van der Waals surface area contributed by atoms with Crippen LogP contribution < -0.4 is 5.32 Å². The molecule has 0 spiro atoms. The molecule has 0 unspecified atom stereocenters. The van der Waals surface area contributed by atoms with E-state index < -0.39 is 0 Å². The van der Waals surface area contributed by atoms with Crippen LogP contribution in [0.3, 0.4) is 0 Å². The number of aryl methyl sites for hydroxylation is 2. The lowest BCUT2D eigenvalue weighted by Crippen LogP contribution is -2.19. The summed E-state index contributed by atoms with van der Waals surface area (Å²) in [7, 11) is 0. The molecule has 1 aliphatic heterocycles. The highest BCUT2D eigenvalue weighted by Crippen LogP contribution is 2.30. The molecule has 3 rings (SSSR count). The van der Waals surface area contributed by atoms with Gasteiger partial charge >= 0.3 is 0 Å². The van der Waals surface area contributed by atoms with Crippen LogP contribution in [-0.2, 0) is 4.79 Å². The van der Waals surface area contributed by atoms with Crippen LogP contribution in [0.15, 0.2) is 46.3 Å². The van der Waals surface area contributed by atoms with Crippen molar-refractivity contribution in [3.8, 4) is 0 Å². The number of nitrogens with zero attached hydrogens (tertiary/aromatic N) is 1. The molecule has 6 heteroatoms. The van der Waals surface area contributed by atoms with E-state index in [0.717, 1.165) is 16.8 Å². The van der Waals surface area contributed by atoms with E-state index in [0.29, 0.717) is 20.1 Å². The number of hydrogen-bond donors (Lipinski definition) is 1. The van der Waals surface area contributed by atoms with Crippen molar-refractivity contribution in [2.24, 2.45) is 4.99 Å². The molecule has 3 nitrogen and oxygen atoms in total. The third-order valence-corrected chi connectivity index (χ3v) is 5.12. The maximum Gasteiger partial charge on any atom is 0.264 e. The molecule has 2 aromatic carbocycles. The van der Waals surface area contributed by atoms with Crippen LogP contribution in [0, 0.1) is 13.8 Å². The number of thioether (sulfide) groups is 1. The topological polar surface area (TPSA) is 41.5 Å². The van der Waals surface area contributed by atoms with E-state index in [1.807, 2.05) is 32.0 Å². The van der Waals surface area contributed by atoms with Gasteiger partial charge in [-0.15, -0.1) is 0 Å². The van der Waals surface area contributed by atoms with Crippen molar-refractivity contribution in [3.63, 3.8) is 0 Å². The van der Waals surface area contributed by atoms with E-state index in [-0.39, 0.29) is 5.91 Å². The lowest BCUT2D eigenvalue weighted by molar-refractivity contribution is -0.115. The predicted octanol–water partition coefficient (Wildman–Crippen LogP) is 5.50. The molecular weight excluding hydrogens is 363 g/mol. The van der Waals surface area contributed by atoms with Crippen molar-refractivity contribution in [1.82, 2.24) is 5.32 Å². The Balaban J connectivity index is 1.86. The van der Waals surface area contributed by atoms with Gasteiger partial charge in [0.15, 0.2) is 5.17 Å². The van der Waals surface area contributed by atoms with E-state index in [4.69, 9.17) is 23.2 Å². The molecule has 0 saturated carbocycles. The number of rotatable bonds is 2. The van der Waals surface area contributed by atoms with Crippen LogP contribution in [0.4, 0.5) is 5.69 Å². The molecule has 1 heterocycles. The van der Waals surface area contributed by atoms with Gasteiger partial charge in [-0.3, -0.25) is 4.79 Å². The Morgan fingerprint density at radius 3 is 2.58 bits per heavy atom. The first-order valence-corrected chi connectivity index (χ1v) is 8.81. The van der Waals surface area contributed by atoms with E-state index >= 15 is 0 Å². The summed E-state index contributed by atoms with van der Waals surface area (Å²) in [4.78, 5) is 17.2. The first kappa shape index (κ1) is 17.1. The van der Waals surface area contributed by atoms with Gasteiger partial charge in [-0.05, 0) is 61.0 Å². The minimum Gasteiger partial charge on any atom is -0.300 e. The van der Waals surface area contributed by atoms with Gasteiger partial charge in [0.1, 0.15) is 0 Å². The lowest BCUT2D eigenvalue weighted by Gasteiger charge is -2.02. The largest absolute Gasteiger partial charge is 0.300 e. The first-order valence-electron chi connectivity index (χ1n) is 7.24. The Morgan fingerprint density at radius 1 is 1.08 bits per heavy atom. The summed E-state index contributed by atoms with van der Waals surface area (Å²) in [6.07, 6.45) is 1.77. The summed E-state index contributed by atoms with van der Waals surface area (Å²) >= 11 is 13.2. The van der Waals surface area contributed by atoms with Crippen molar-refractivity contribution in [3.05, 3.63) is 68.0 Å². The second kappa shape index (κ2) is 7.01. The van der Waals surface area contributed by atoms with Crippen LogP contribution in [0.25, 0.3) is 6.08 Å². The minimum absolute atomic E-state index is 0.172. The summed E-state index contributed by atoms with van der Waals surface area (Å²) in [5.41, 5.74) is 3.91. The Bertz CT molecular complexity index is 891. The number of benzene rings is 2. The molecule has 0 aliphatic carbocycles. The maximum absolute atomic E-state index is 12.1. The van der Waals surface area contributed by atoms with Gasteiger partial charge in [-0.25, -0.2) is 4.99 Å². The van der Waals surface area contributed by atoms with Crippen molar-refractivity contribution < 1.29 is 4.79 Å². The number of amides is 1. The zero-order chi connectivity index (χ0) is 17.3. The van der Waals surface area contributed by atoms with Crippen molar-refractivity contribution >= 4 is 57.8 Å². The Morgan fingerprint density at radius 2 is 1.88 bits per heavy atom. The average molecular weight is 377 g/mol. The molecule has 122 valence electrons. The molecule has 1 fully saturated rings. The van der Waals surface area contributed by atoms with Gasteiger partial charge < -0.3 is 5.32 Å². The van der Waals surface area contributed by atoms with E-state index in [1.165, 1.54) is 17.3 Å². The molecule has 0 bridgehead atoms. The van der Waals surface area contributed by atoms with E-state index in [2.05, 4.69) is 16.4 Å². The fourth-order valence-corrected chi connectivity index (χ4v) is 3.42. The summed E-state index contributed by atoms with van der Waals surface area (Å²) in [6.45, 7) is 4.04. The smallest absolute Gasteiger partial charge is 0.264 e. The zero-order valence-corrected chi connectivity index (χ0v) is 15.4. The Kier molecular flexibility index (Phi) is 4.99. The molecule has 0 radical (unpaired) electrons. The van der Waals surface area contributed by atoms with Crippen molar-refractivity contribution in [2.75, 3.05) is 0 Å². The number of carbonyl (C=O) groups excluding carboxylic acids is 1. The highest BCUT2D eigenvalue weighted by Gasteiger charge is 2.24. The summed E-state index contributed by atoms with van der Waals surface area (Å²) < 4.78 is 0. The average Bonchev–Trinajstić information content (AvgIpc) is 2.86. The monoisotopic (exact) mass is 376 g/mol. The van der Waals surface area contributed by atoms with Crippen molar-refractivity contribution in [2.45, 2.75) is 13.8 Å².